The summed E-state index contributed by atoms with van der Waals surface area (Å²) in [6.07, 6.45) is 2.87. The molecule has 3 aromatic carbocycles. The second kappa shape index (κ2) is 8.65. The quantitative estimate of drug-likeness (QED) is 0.613. The lowest BCUT2D eigenvalue weighted by Gasteiger charge is -2.35. The highest BCUT2D eigenvalue weighted by Gasteiger charge is 2.32. The molecular weight excluding hydrogens is 426 g/mol. The van der Waals surface area contributed by atoms with Crippen LogP contribution in [0.3, 0.4) is 0 Å². The fourth-order valence-electron chi connectivity index (χ4n) is 4.62. The van der Waals surface area contributed by atoms with Gasteiger partial charge in [0.1, 0.15) is 17.4 Å². The van der Waals surface area contributed by atoms with Crippen molar-refractivity contribution in [1.29, 1.82) is 0 Å². The second-order valence-electron chi connectivity index (χ2n) is 8.32. The van der Waals surface area contributed by atoms with E-state index in [0.717, 1.165) is 42.5 Å². The SMILES string of the molecule is O=C(Nc1ccc2c(c1)CN([C@H]1CCCc3ccccc31)C(=O)CO2)c1ccc(F)cc1F. The molecule has 0 fully saturated rings. The van der Waals surface area contributed by atoms with E-state index in [4.69, 9.17) is 4.74 Å². The number of hydrogen-bond acceptors (Lipinski definition) is 3. The van der Waals surface area contributed by atoms with Gasteiger partial charge in [-0.15, -0.1) is 0 Å². The zero-order valence-corrected chi connectivity index (χ0v) is 17.8. The molecule has 0 saturated heterocycles. The fraction of sp³-hybridized carbons (Fsp3) is 0.231. The Bertz CT molecular complexity index is 1240. The van der Waals surface area contributed by atoms with Crippen molar-refractivity contribution in [3.8, 4) is 5.75 Å². The summed E-state index contributed by atoms with van der Waals surface area (Å²) in [6, 6.07) is 16.0. The maximum absolute atomic E-state index is 14.0. The number of carbonyl (C=O) groups excluding carboxylic acids is 2. The zero-order valence-electron chi connectivity index (χ0n) is 17.8. The third-order valence-corrected chi connectivity index (χ3v) is 6.22. The molecule has 0 radical (unpaired) electrons. The molecule has 1 aliphatic heterocycles. The second-order valence-corrected chi connectivity index (χ2v) is 8.32. The third-order valence-electron chi connectivity index (χ3n) is 6.22. The molecule has 5 nitrogen and oxygen atoms in total. The highest BCUT2D eigenvalue weighted by Crippen LogP contribution is 2.37. The van der Waals surface area contributed by atoms with Gasteiger partial charge in [-0.25, -0.2) is 8.78 Å². The molecule has 0 bridgehead atoms. The molecule has 0 unspecified atom stereocenters. The van der Waals surface area contributed by atoms with E-state index in [-0.39, 0.29) is 24.1 Å². The minimum atomic E-state index is -0.932. The number of halogens is 2. The van der Waals surface area contributed by atoms with Crippen molar-refractivity contribution in [2.45, 2.75) is 31.8 Å². The molecule has 33 heavy (non-hydrogen) atoms. The number of ether oxygens (including phenoxy) is 1. The van der Waals surface area contributed by atoms with Crippen LogP contribution >= 0.6 is 0 Å². The summed E-state index contributed by atoms with van der Waals surface area (Å²) in [5.74, 6) is -1.89. The molecule has 7 heteroatoms. The van der Waals surface area contributed by atoms with Crippen molar-refractivity contribution in [2.75, 3.05) is 11.9 Å². The maximum atomic E-state index is 14.0. The lowest BCUT2D eigenvalue weighted by Crippen LogP contribution is -2.37. The van der Waals surface area contributed by atoms with E-state index in [1.54, 1.807) is 18.2 Å². The average molecular weight is 448 g/mol. The van der Waals surface area contributed by atoms with E-state index in [1.165, 1.54) is 5.56 Å². The van der Waals surface area contributed by atoms with Crippen LogP contribution in [0, 0.1) is 11.6 Å². The number of amides is 2. The van der Waals surface area contributed by atoms with Gasteiger partial charge in [-0.2, -0.15) is 0 Å². The Morgan fingerprint density at radius 2 is 1.88 bits per heavy atom. The van der Waals surface area contributed by atoms with Gasteiger partial charge in [0.15, 0.2) is 6.61 Å². The van der Waals surface area contributed by atoms with Gasteiger partial charge in [0.2, 0.25) is 0 Å². The van der Waals surface area contributed by atoms with Crippen LogP contribution in [0.15, 0.2) is 60.7 Å². The van der Waals surface area contributed by atoms with Crippen molar-refractivity contribution in [1.82, 2.24) is 4.90 Å². The molecule has 2 aliphatic rings. The summed E-state index contributed by atoms with van der Waals surface area (Å²) in [5, 5.41) is 2.65. The summed E-state index contributed by atoms with van der Waals surface area (Å²) >= 11 is 0. The lowest BCUT2D eigenvalue weighted by molar-refractivity contribution is -0.136. The van der Waals surface area contributed by atoms with Gasteiger partial charge in [-0.05, 0) is 60.7 Å². The molecule has 168 valence electrons. The van der Waals surface area contributed by atoms with Gasteiger partial charge >= 0.3 is 0 Å². The van der Waals surface area contributed by atoms with Crippen molar-refractivity contribution in [2.24, 2.45) is 0 Å². The predicted octanol–water partition coefficient (Wildman–Crippen LogP) is 5.02. The molecule has 1 aliphatic carbocycles. The Balaban J connectivity index is 1.41. The molecule has 1 heterocycles. The van der Waals surface area contributed by atoms with Crippen LogP contribution in [-0.4, -0.2) is 23.3 Å². The van der Waals surface area contributed by atoms with Crippen LogP contribution in [0.25, 0.3) is 0 Å². The van der Waals surface area contributed by atoms with Gasteiger partial charge in [0.05, 0.1) is 18.2 Å². The summed E-state index contributed by atoms with van der Waals surface area (Å²) in [7, 11) is 0. The van der Waals surface area contributed by atoms with E-state index in [1.807, 2.05) is 17.0 Å². The van der Waals surface area contributed by atoms with Crippen molar-refractivity contribution >= 4 is 17.5 Å². The summed E-state index contributed by atoms with van der Waals surface area (Å²) in [5.41, 5.74) is 3.36. The van der Waals surface area contributed by atoms with Gasteiger partial charge < -0.3 is 15.0 Å². The Hall–Kier alpha value is -3.74. The van der Waals surface area contributed by atoms with Crippen LogP contribution < -0.4 is 10.1 Å². The average Bonchev–Trinajstić information content (AvgIpc) is 2.97. The first-order valence-electron chi connectivity index (χ1n) is 10.9. The van der Waals surface area contributed by atoms with E-state index in [9.17, 15) is 18.4 Å². The minimum absolute atomic E-state index is 0.0384. The smallest absolute Gasteiger partial charge is 0.261 e. The monoisotopic (exact) mass is 448 g/mol. The molecule has 0 aromatic heterocycles. The highest BCUT2D eigenvalue weighted by atomic mass is 19.1. The first kappa shape index (κ1) is 21.1. The number of nitrogens with one attached hydrogen (secondary N) is 1. The molecule has 5 rings (SSSR count). The number of aryl methyl sites for hydroxylation is 1. The van der Waals surface area contributed by atoms with Crippen LogP contribution in [-0.2, 0) is 17.8 Å². The number of rotatable bonds is 3. The topological polar surface area (TPSA) is 58.6 Å². The van der Waals surface area contributed by atoms with E-state index in [2.05, 4.69) is 17.4 Å². The molecule has 0 spiro atoms. The number of benzene rings is 3. The van der Waals surface area contributed by atoms with Crippen LogP contribution in [0.2, 0.25) is 0 Å². The maximum Gasteiger partial charge on any atom is 0.261 e. The Kier molecular flexibility index (Phi) is 5.54. The lowest BCUT2D eigenvalue weighted by atomic mass is 9.86. The molecule has 3 aromatic rings. The van der Waals surface area contributed by atoms with Crippen LogP contribution in [0.4, 0.5) is 14.5 Å². The number of fused-ring (bicyclic) bond motifs is 2. The minimum Gasteiger partial charge on any atom is -0.483 e. The highest BCUT2D eigenvalue weighted by molar-refractivity contribution is 6.04. The Morgan fingerprint density at radius 1 is 1.03 bits per heavy atom. The first-order valence-corrected chi connectivity index (χ1v) is 10.9. The third kappa shape index (κ3) is 4.18. The zero-order chi connectivity index (χ0) is 22.9. The normalized spacial score (nSPS) is 17.5. The van der Waals surface area contributed by atoms with Gasteiger partial charge in [0, 0.05) is 17.3 Å². The summed E-state index contributed by atoms with van der Waals surface area (Å²) in [6.45, 7) is 0.278. The van der Waals surface area contributed by atoms with Gasteiger partial charge in [-0.1, -0.05) is 24.3 Å². The van der Waals surface area contributed by atoms with E-state index >= 15 is 0 Å². The number of nitrogens with zero attached hydrogens (tertiary/aromatic N) is 1. The summed E-state index contributed by atoms with van der Waals surface area (Å²) in [4.78, 5) is 27.3. The van der Waals surface area contributed by atoms with Crippen LogP contribution in [0.5, 0.6) is 5.75 Å². The first-order chi connectivity index (χ1) is 16.0. The fourth-order valence-corrected chi connectivity index (χ4v) is 4.62. The molecule has 2 amide bonds. The number of carbonyl (C=O) groups is 2. The van der Waals surface area contributed by atoms with Gasteiger partial charge in [-0.3, -0.25) is 9.59 Å². The number of hydrogen-bond donors (Lipinski definition) is 1. The van der Waals surface area contributed by atoms with Crippen molar-refractivity contribution < 1.29 is 23.1 Å². The largest absolute Gasteiger partial charge is 0.483 e. The Morgan fingerprint density at radius 3 is 2.73 bits per heavy atom. The van der Waals surface area contributed by atoms with Crippen LogP contribution in [0.1, 0.15) is 45.9 Å². The Labute approximate surface area is 190 Å². The van der Waals surface area contributed by atoms with E-state index in [0.29, 0.717) is 24.0 Å². The summed E-state index contributed by atoms with van der Waals surface area (Å²) < 4.78 is 32.9. The van der Waals surface area contributed by atoms with E-state index < -0.39 is 17.5 Å². The molecular formula is C26H22F2N2O3. The molecule has 1 N–H and O–H groups in total. The van der Waals surface area contributed by atoms with Gasteiger partial charge in [0.25, 0.3) is 11.8 Å². The van der Waals surface area contributed by atoms with Crippen molar-refractivity contribution in [3.63, 3.8) is 0 Å². The predicted molar refractivity (Wildman–Crippen MR) is 119 cm³/mol. The number of anilines is 1. The van der Waals surface area contributed by atoms with Crippen molar-refractivity contribution in [3.05, 3.63) is 94.6 Å². The molecule has 0 saturated carbocycles. The molecule has 1 atom stereocenters. The standard InChI is InChI=1S/C26H22F2N2O3/c27-18-8-10-21(22(28)13-18)26(32)29-19-9-11-24-17(12-19)14-30(25(31)15-33-24)23-7-3-5-16-4-1-2-6-20(16)23/h1-2,4,6,8-13,23H,3,5,7,14-15H2,(H,29,32)/t23-/m0/s1.